The summed E-state index contributed by atoms with van der Waals surface area (Å²) in [6, 6.07) is 0. The van der Waals surface area contributed by atoms with Crippen molar-refractivity contribution in [2.75, 3.05) is 25.2 Å². The molecule has 0 radical (unpaired) electrons. The molecule has 1 rings (SSSR count). The third kappa shape index (κ3) is 3.64. The van der Waals surface area contributed by atoms with Gasteiger partial charge in [-0.1, -0.05) is 13.8 Å². The van der Waals surface area contributed by atoms with Gasteiger partial charge in [0.2, 0.25) is 0 Å². The van der Waals surface area contributed by atoms with Gasteiger partial charge in [0.05, 0.1) is 0 Å². The summed E-state index contributed by atoms with van der Waals surface area (Å²) in [6.45, 7) is 4.99. The van der Waals surface area contributed by atoms with E-state index in [0.29, 0.717) is 11.7 Å². The first kappa shape index (κ1) is 13.3. The summed E-state index contributed by atoms with van der Waals surface area (Å²) in [5.41, 5.74) is 6.92. The number of rotatable bonds is 6. The predicted molar refractivity (Wildman–Crippen MR) is 67.8 cm³/mol. The lowest BCUT2D eigenvalue weighted by atomic mass is 10.1. The maximum atomic E-state index is 5.86. The van der Waals surface area contributed by atoms with Crippen LogP contribution in [0.2, 0.25) is 0 Å². The standard InChI is InChI=1S/C11H19N3OS/c1-8(2)9-10(12)13-7-14-11(9)16-6-4-5-15-3/h7-8H,4-6H2,1-3H3,(H2,12,13,14). The molecule has 0 amide bonds. The van der Waals surface area contributed by atoms with Gasteiger partial charge in [0.1, 0.15) is 17.2 Å². The molecule has 5 heteroatoms. The summed E-state index contributed by atoms with van der Waals surface area (Å²) in [5.74, 6) is 1.94. The van der Waals surface area contributed by atoms with Crippen molar-refractivity contribution >= 4 is 17.6 Å². The average molecular weight is 241 g/mol. The van der Waals surface area contributed by atoms with Gasteiger partial charge in [-0.2, -0.15) is 0 Å². The van der Waals surface area contributed by atoms with Gasteiger partial charge in [0, 0.05) is 25.0 Å². The Morgan fingerprint density at radius 1 is 1.44 bits per heavy atom. The lowest BCUT2D eigenvalue weighted by Crippen LogP contribution is -2.04. The minimum atomic E-state index is 0.353. The minimum absolute atomic E-state index is 0.353. The molecule has 16 heavy (non-hydrogen) atoms. The van der Waals surface area contributed by atoms with E-state index in [-0.39, 0.29) is 0 Å². The Morgan fingerprint density at radius 3 is 2.81 bits per heavy atom. The first-order valence-corrected chi connectivity index (χ1v) is 6.37. The van der Waals surface area contributed by atoms with Gasteiger partial charge in [-0.05, 0) is 12.3 Å². The van der Waals surface area contributed by atoms with Crippen molar-refractivity contribution in [2.24, 2.45) is 0 Å². The number of anilines is 1. The summed E-state index contributed by atoms with van der Waals surface area (Å²) >= 11 is 1.72. The van der Waals surface area contributed by atoms with Gasteiger partial charge < -0.3 is 10.5 Å². The average Bonchev–Trinajstić information content (AvgIpc) is 2.24. The zero-order valence-corrected chi connectivity index (χ0v) is 10.9. The molecule has 0 unspecified atom stereocenters. The summed E-state index contributed by atoms with van der Waals surface area (Å²) in [5, 5.41) is 0.999. The van der Waals surface area contributed by atoms with Crippen molar-refractivity contribution in [2.45, 2.75) is 31.2 Å². The van der Waals surface area contributed by atoms with Crippen LogP contribution in [0.3, 0.4) is 0 Å². The molecule has 1 aromatic heterocycles. The molecule has 0 saturated heterocycles. The number of hydrogen-bond donors (Lipinski definition) is 1. The molecule has 4 nitrogen and oxygen atoms in total. The van der Waals surface area contributed by atoms with E-state index in [4.69, 9.17) is 10.5 Å². The number of methoxy groups -OCH3 is 1. The van der Waals surface area contributed by atoms with Gasteiger partial charge in [0.15, 0.2) is 0 Å². The van der Waals surface area contributed by atoms with Gasteiger partial charge in [-0.15, -0.1) is 11.8 Å². The molecule has 0 aromatic carbocycles. The fourth-order valence-electron chi connectivity index (χ4n) is 1.42. The Morgan fingerprint density at radius 2 is 2.19 bits per heavy atom. The lowest BCUT2D eigenvalue weighted by molar-refractivity contribution is 0.200. The van der Waals surface area contributed by atoms with Crippen molar-refractivity contribution in [3.63, 3.8) is 0 Å². The normalized spacial score (nSPS) is 11.0. The van der Waals surface area contributed by atoms with Crippen LogP contribution >= 0.6 is 11.8 Å². The van der Waals surface area contributed by atoms with E-state index >= 15 is 0 Å². The molecule has 0 aliphatic rings. The Bertz CT molecular complexity index is 331. The largest absolute Gasteiger partial charge is 0.385 e. The van der Waals surface area contributed by atoms with Crippen LogP contribution in [0.25, 0.3) is 0 Å². The van der Waals surface area contributed by atoms with Gasteiger partial charge >= 0.3 is 0 Å². The summed E-state index contributed by atoms with van der Waals surface area (Å²) in [7, 11) is 1.72. The van der Waals surface area contributed by atoms with Crippen LogP contribution in [0.4, 0.5) is 5.82 Å². The molecule has 0 aliphatic heterocycles. The van der Waals surface area contributed by atoms with E-state index in [1.807, 2.05) is 0 Å². The molecule has 1 aromatic rings. The van der Waals surface area contributed by atoms with Crippen LogP contribution in [-0.2, 0) is 4.74 Å². The van der Waals surface area contributed by atoms with Crippen LogP contribution in [0.5, 0.6) is 0 Å². The molecule has 2 N–H and O–H groups in total. The lowest BCUT2D eigenvalue weighted by Gasteiger charge is -2.12. The molecular formula is C11H19N3OS. The molecule has 0 saturated carbocycles. The fraction of sp³-hybridized carbons (Fsp3) is 0.636. The van der Waals surface area contributed by atoms with Crippen LogP contribution in [0.15, 0.2) is 11.4 Å². The molecule has 0 spiro atoms. The second-order valence-corrected chi connectivity index (χ2v) is 4.91. The summed E-state index contributed by atoms with van der Waals surface area (Å²) < 4.78 is 5.01. The van der Waals surface area contributed by atoms with E-state index < -0.39 is 0 Å². The third-order valence-electron chi connectivity index (χ3n) is 2.19. The number of nitrogens with two attached hydrogens (primary N) is 1. The van der Waals surface area contributed by atoms with Crippen molar-refractivity contribution in [1.82, 2.24) is 9.97 Å². The highest BCUT2D eigenvalue weighted by atomic mass is 32.2. The number of hydrogen-bond acceptors (Lipinski definition) is 5. The summed E-state index contributed by atoms with van der Waals surface area (Å²) in [4.78, 5) is 8.32. The molecule has 0 bridgehead atoms. The number of ether oxygens (including phenoxy) is 1. The monoisotopic (exact) mass is 241 g/mol. The maximum Gasteiger partial charge on any atom is 0.131 e. The van der Waals surface area contributed by atoms with Crippen molar-refractivity contribution in [1.29, 1.82) is 0 Å². The van der Waals surface area contributed by atoms with Crippen molar-refractivity contribution in [3.05, 3.63) is 11.9 Å². The molecule has 0 aliphatic carbocycles. The van der Waals surface area contributed by atoms with Gasteiger partial charge in [-0.3, -0.25) is 0 Å². The highest BCUT2D eigenvalue weighted by Crippen LogP contribution is 2.29. The summed E-state index contributed by atoms with van der Waals surface area (Å²) in [6.07, 6.45) is 2.54. The maximum absolute atomic E-state index is 5.86. The highest BCUT2D eigenvalue weighted by molar-refractivity contribution is 7.99. The van der Waals surface area contributed by atoms with Crippen LogP contribution in [0.1, 0.15) is 31.7 Å². The number of thioether (sulfide) groups is 1. The highest BCUT2D eigenvalue weighted by Gasteiger charge is 2.12. The third-order valence-corrected chi connectivity index (χ3v) is 3.28. The predicted octanol–water partition coefficient (Wildman–Crippen LogP) is 2.31. The smallest absolute Gasteiger partial charge is 0.131 e. The van der Waals surface area contributed by atoms with E-state index in [1.165, 1.54) is 6.33 Å². The van der Waals surface area contributed by atoms with E-state index in [9.17, 15) is 0 Å². The second-order valence-electron chi connectivity index (χ2n) is 3.83. The Kier molecular flexibility index (Phi) is 5.55. The van der Waals surface area contributed by atoms with E-state index in [1.54, 1.807) is 18.9 Å². The fourth-order valence-corrected chi connectivity index (χ4v) is 2.49. The molecule has 0 fully saturated rings. The Labute approximate surface area is 101 Å². The molecular weight excluding hydrogens is 222 g/mol. The first-order chi connectivity index (χ1) is 7.66. The zero-order valence-electron chi connectivity index (χ0n) is 10.1. The number of nitrogens with zero attached hydrogens (tertiary/aromatic N) is 2. The Balaban J connectivity index is 2.67. The molecule has 90 valence electrons. The van der Waals surface area contributed by atoms with Crippen molar-refractivity contribution < 1.29 is 4.74 Å². The van der Waals surface area contributed by atoms with Gasteiger partial charge in [0.25, 0.3) is 0 Å². The molecule has 1 heterocycles. The second kappa shape index (κ2) is 6.70. The van der Waals surface area contributed by atoms with Crippen LogP contribution < -0.4 is 5.73 Å². The number of aromatic nitrogens is 2. The zero-order chi connectivity index (χ0) is 12.0. The first-order valence-electron chi connectivity index (χ1n) is 5.39. The van der Waals surface area contributed by atoms with Crippen LogP contribution in [0, 0.1) is 0 Å². The van der Waals surface area contributed by atoms with Gasteiger partial charge in [-0.25, -0.2) is 9.97 Å². The minimum Gasteiger partial charge on any atom is -0.385 e. The topological polar surface area (TPSA) is 61.0 Å². The quantitative estimate of drug-likeness (QED) is 0.470. The van der Waals surface area contributed by atoms with E-state index in [2.05, 4.69) is 23.8 Å². The van der Waals surface area contributed by atoms with Crippen LogP contribution in [-0.4, -0.2) is 29.4 Å². The van der Waals surface area contributed by atoms with Crippen molar-refractivity contribution in [3.8, 4) is 0 Å². The SMILES string of the molecule is COCCCSc1ncnc(N)c1C(C)C. The number of nitrogen functional groups attached to an aromatic ring is 1. The Hall–Kier alpha value is -0.810. The van der Waals surface area contributed by atoms with E-state index in [0.717, 1.165) is 29.4 Å². The molecule has 0 atom stereocenters.